The van der Waals surface area contributed by atoms with Gasteiger partial charge in [-0.1, -0.05) is 12.1 Å². The summed E-state index contributed by atoms with van der Waals surface area (Å²) in [5, 5.41) is 13.2. The van der Waals surface area contributed by atoms with Gasteiger partial charge in [-0.25, -0.2) is 4.98 Å². The number of para-hydroxylation sites is 2. The van der Waals surface area contributed by atoms with Crippen molar-refractivity contribution in [3.63, 3.8) is 0 Å². The molecule has 2 aromatic carbocycles. The van der Waals surface area contributed by atoms with E-state index in [1.807, 2.05) is 35.9 Å². The molecule has 0 aliphatic rings. The highest BCUT2D eigenvalue weighted by atomic mass is 16.6. The molecule has 160 valence electrons. The van der Waals surface area contributed by atoms with E-state index in [9.17, 15) is 24.5 Å². The first-order chi connectivity index (χ1) is 14.8. The molecule has 0 spiro atoms. The molecule has 0 radical (unpaired) electrons. The second kappa shape index (κ2) is 9.48. The number of hydrogen-bond acceptors (Lipinski definition) is 6. The standard InChI is InChI=1S/C20H20N6O5/c1-25-16-5-3-2-4-15(16)22-17(25)12-19(28)24-23-18(27)10-11-21-20(29)13-6-8-14(9-7-13)26(30)31/h2-9H,10-12H2,1H3,(H,21,29)(H,23,27)(H,24,28). The Morgan fingerprint density at radius 3 is 2.39 bits per heavy atom. The third-order valence-electron chi connectivity index (χ3n) is 4.52. The zero-order chi connectivity index (χ0) is 22.4. The van der Waals surface area contributed by atoms with Crippen LogP contribution in [-0.4, -0.2) is 38.7 Å². The van der Waals surface area contributed by atoms with E-state index in [2.05, 4.69) is 21.2 Å². The van der Waals surface area contributed by atoms with E-state index < -0.39 is 22.6 Å². The third kappa shape index (κ3) is 5.41. The molecular weight excluding hydrogens is 404 g/mol. The molecule has 3 aromatic rings. The normalized spacial score (nSPS) is 10.5. The van der Waals surface area contributed by atoms with Gasteiger partial charge in [0.05, 0.1) is 22.4 Å². The zero-order valence-electron chi connectivity index (χ0n) is 16.6. The number of aryl methyl sites for hydroxylation is 1. The van der Waals surface area contributed by atoms with E-state index in [1.165, 1.54) is 24.3 Å². The van der Waals surface area contributed by atoms with Gasteiger partial charge in [0.2, 0.25) is 11.8 Å². The zero-order valence-corrected chi connectivity index (χ0v) is 16.6. The van der Waals surface area contributed by atoms with E-state index in [-0.39, 0.29) is 30.6 Å². The van der Waals surface area contributed by atoms with E-state index in [1.54, 1.807) is 0 Å². The first-order valence-electron chi connectivity index (χ1n) is 9.36. The molecule has 0 saturated heterocycles. The van der Waals surface area contributed by atoms with Gasteiger partial charge < -0.3 is 9.88 Å². The number of carbonyl (C=O) groups excluding carboxylic acids is 3. The summed E-state index contributed by atoms with van der Waals surface area (Å²) in [5.41, 5.74) is 6.41. The minimum Gasteiger partial charge on any atom is -0.352 e. The fourth-order valence-corrected chi connectivity index (χ4v) is 2.87. The van der Waals surface area contributed by atoms with Gasteiger partial charge in [-0.2, -0.15) is 0 Å². The monoisotopic (exact) mass is 424 g/mol. The van der Waals surface area contributed by atoms with Crippen LogP contribution in [0.15, 0.2) is 48.5 Å². The predicted molar refractivity (Wildman–Crippen MR) is 111 cm³/mol. The van der Waals surface area contributed by atoms with Crippen LogP contribution >= 0.6 is 0 Å². The number of carbonyl (C=O) groups is 3. The highest BCUT2D eigenvalue weighted by Gasteiger charge is 2.13. The second-order valence-electron chi connectivity index (χ2n) is 6.66. The van der Waals surface area contributed by atoms with Crippen molar-refractivity contribution in [2.75, 3.05) is 6.54 Å². The fraction of sp³-hybridized carbons (Fsp3) is 0.200. The van der Waals surface area contributed by atoms with Gasteiger partial charge in [0.1, 0.15) is 5.82 Å². The van der Waals surface area contributed by atoms with Crippen LogP contribution in [0.4, 0.5) is 5.69 Å². The Morgan fingerprint density at radius 1 is 1.03 bits per heavy atom. The Bertz CT molecular complexity index is 1140. The van der Waals surface area contributed by atoms with Crippen molar-refractivity contribution in [2.45, 2.75) is 12.8 Å². The molecule has 3 amide bonds. The third-order valence-corrected chi connectivity index (χ3v) is 4.52. The number of nitro benzene ring substituents is 1. The van der Waals surface area contributed by atoms with Crippen molar-refractivity contribution in [3.8, 4) is 0 Å². The first kappa shape index (κ1) is 21.4. The summed E-state index contributed by atoms with van der Waals surface area (Å²) in [6.07, 6.45) is -0.0758. The lowest BCUT2D eigenvalue weighted by atomic mass is 10.2. The van der Waals surface area contributed by atoms with Gasteiger partial charge >= 0.3 is 0 Å². The number of hydrogen-bond donors (Lipinski definition) is 3. The summed E-state index contributed by atoms with van der Waals surface area (Å²) in [4.78, 5) is 50.4. The molecule has 0 bridgehead atoms. The Hall–Kier alpha value is -4.28. The number of nitro groups is 1. The van der Waals surface area contributed by atoms with E-state index in [0.29, 0.717) is 5.82 Å². The van der Waals surface area contributed by atoms with Crippen molar-refractivity contribution in [2.24, 2.45) is 7.05 Å². The first-order valence-corrected chi connectivity index (χ1v) is 9.36. The van der Waals surface area contributed by atoms with Gasteiger partial charge in [-0.15, -0.1) is 0 Å². The molecule has 11 heteroatoms. The second-order valence-corrected chi connectivity index (χ2v) is 6.66. The summed E-state index contributed by atoms with van der Waals surface area (Å²) in [7, 11) is 1.81. The van der Waals surface area contributed by atoms with Crippen LogP contribution in [0.1, 0.15) is 22.6 Å². The van der Waals surface area contributed by atoms with Crippen LogP contribution in [0, 0.1) is 10.1 Å². The van der Waals surface area contributed by atoms with Crippen molar-refractivity contribution in [1.29, 1.82) is 0 Å². The molecule has 0 aliphatic carbocycles. The van der Waals surface area contributed by atoms with Gasteiger partial charge in [0.25, 0.3) is 11.6 Å². The number of amides is 3. The lowest BCUT2D eigenvalue weighted by molar-refractivity contribution is -0.384. The smallest absolute Gasteiger partial charge is 0.269 e. The minimum absolute atomic E-state index is 0.0116. The molecule has 3 rings (SSSR count). The maximum absolute atomic E-state index is 12.1. The maximum Gasteiger partial charge on any atom is 0.269 e. The van der Waals surface area contributed by atoms with Crippen molar-refractivity contribution in [1.82, 2.24) is 25.7 Å². The number of nitrogens with zero attached hydrogens (tertiary/aromatic N) is 3. The Morgan fingerprint density at radius 2 is 1.71 bits per heavy atom. The quantitative estimate of drug-likeness (QED) is 0.380. The number of non-ortho nitro benzene ring substituents is 1. The van der Waals surface area contributed by atoms with E-state index in [0.717, 1.165) is 11.0 Å². The number of rotatable bonds is 7. The molecule has 0 aliphatic heterocycles. The lowest BCUT2D eigenvalue weighted by Gasteiger charge is -2.08. The molecular formula is C20H20N6O5. The van der Waals surface area contributed by atoms with Crippen LogP contribution in [-0.2, 0) is 23.1 Å². The predicted octanol–water partition coefficient (Wildman–Crippen LogP) is 0.992. The largest absolute Gasteiger partial charge is 0.352 e. The summed E-state index contributed by atoms with van der Waals surface area (Å²) >= 11 is 0. The Labute approximate surface area is 176 Å². The minimum atomic E-state index is -0.559. The van der Waals surface area contributed by atoms with Crippen LogP contribution in [0.5, 0.6) is 0 Å². The van der Waals surface area contributed by atoms with Gasteiger partial charge in [0, 0.05) is 37.7 Å². The molecule has 31 heavy (non-hydrogen) atoms. The number of imidazole rings is 1. The molecule has 1 heterocycles. The number of aromatic nitrogens is 2. The van der Waals surface area contributed by atoms with Crippen molar-refractivity contribution < 1.29 is 19.3 Å². The lowest BCUT2D eigenvalue weighted by Crippen LogP contribution is -2.43. The van der Waals surface area contributed by atoms with Crippen LogP contribution in [0.25, 0.3) is 11.0 Å². The van der Waals surface area contributed by atoms with Crippen molar-refractivity contribution in [3.05, 3.63) is 70.0 Å². The molecule has 0 fully saturated rings. The Balaban J connectivity index is 1.40. The molecule has 0 unspecified atom stereocenters. The highest BCUT2D eigenvalue weighted by molar-refractivity contribution is 5.94. The van der Waals surface area contributed by atoms with Gasteiger partial charge in [0.15, 0.2) is 0 Å². The van der Waals surface area contributed by atoms with Crippen LogP contribution in [0.2, 0.25) is 0 Å². The number of hydrazine groups is 1. The van der Waals surface area contributed by atoms with E-state index >= 15 is 0 Å². The fourth-order valence-electron chi connectivity index (χ4n) is 2.87. The number of nitrogens with one attached hydrogen (secondary N) is 3. The SMILES string of the molecule is Cn1c(CC(=O)NNC(=O)CCNC(=O)c2ccc([N+](=O)[O-])cc2)nc2ccccc21. The molecule has 11 nitrogen and oxygen atoms in total. The van der Waals surface area contributed by atoms with Crippen LogP contribution < -0.4 is 16.2 Å². The molecule has 0 atom stereocenters. The topological polar surface area (TPSA) is 148 Å². The average molecular weight is 424 g/mol. The van der Waals surface area contributed by atoms with E-state index in [4.69, 9.17) is 0 Å². The van der Waals surface area contributed by atoms with Gasteiger partial charge in [-0.3, -0.25) is 35.3 Å². The summed E-state index contributed by atoms with van der Waals surface area (Å²) in [5.74, 6) is -0.819. The van der Waals surface area contributed by atoms with Crippen molar-refractivity contribution >= 4 is 34.4 Å². The van der Waals surface area contributed by atoms with Gasteiger partial charge in [-0.05, 0) is 24.3 Å². The number of fused-ring (bicyclic) bond motifs is 1. The maximum atomic E-state index is 12.1. The molecule has 3 N–H and O–H groups in total. The summed E-state index contributed by atoms with van der Waals surface area (Å²) in [6.45, 7) is 0.0300. The summed E-state index contributed by atoms with van der Waals surface area (Å²) < 4.78 is 1.81. The number of benzene rings is 2. The molecule has 1 aromatic heterocycles. The highest BCUT2D eigenvalue weighted by Crippen LogP contribution is 2.14. The molecule has 0 saturated carbocycles. The Kier molecular flexibility index (Phi) is 6.55. The summed E-state index contributed by atoms with van der Waals surface area (Å²) in [6, 6.07) is 12.6. The average Bonchev–Trinajstić information content (AvgIpc) is 3.07. The van der Waals surface area contributed by atoms with Crippen LogP contribution in [0.3, 0.4) is 0 Å².